The highest BCUT2D eigenvalue weighted by molar-refractivity contribution is 5.76. The van der Waals surface area contributed by atoms with Crippen molar-refractivity contribution >= 4 is 11.9 Å². The number of nitrogens with one attached hydrogen (secondary N) is 1. The third-order valence-electron chi connectivity index (χ3n) is 12.7. The van der Waals surface area contributed by atoms with Crippen LogP contribution in [0.3, 0.4) is 0 Å². The smallest absolute Gasteiger partial charge is 0.305 e. The van der Waals surface area contributed by atoms with Crippen LogP contribution in [-0.2, 0) is 14.3 Å². The van der Waals surface area contributed by atoms with Crippen LogP contribution in [0.15, 0.2) is 36.5 Å². The van der Waals surface area contributed by atoms with Crippen molar-refractivity contribution in [3.05, 3.63) is 36.5 Å². The first-order chi connectivity index (χ1) is 31.0. The van der Waals surface area contributed by atoms with E-state index < -0.39 is 12.1 Å². The summed E-state index contributed by atoms with van der Waals surface area (Å²) in [4.78, 5) is 24.5. The fourth-order valence-corrected chi connectivity index (χ4v) is 8.36. The Morgan fingerprint density at radius 1 is 0.444 bits per heavy atom. The zero-order valence-electron chi connectivity index (χ0n) is 42.1. The summed E-state index contributed by atoms with van der Waals surface area (Å²) >= 11 is 0. The predicted molar refractivity (Wildman–Crippen MR) is 273 cm³/mol. The van der Waals surface area contributed by atoms with E-state index in [1.807, 2.05) is 6.08 Å². The average molecular weight is 886 g/mol. The van der Waals surface area contributed by atoms with Crippen LogP contribution in [0.25, 0.3) is 0 Å². The zero-order valence-corrected chi connectivity index (χ0v) is 42.1. The predicted octanol–water partition coefficient (Wildman–Crippen LogP) is 16.9. The Morgan fingerprint density at radius 3 is 1.25 bits per heavy atom. The van der Waals surface area contributed by atoms with Crippen LogP contribution in [0, 0.1) is 0 Å². The number of amides is 1. The molecule has 2 unspecified atom stereocenters. The monoisotopic (exact) mass is 886 g/mol. The molecule has 0 saturated carbocycles. The lowest BCUT2D eigenvalue weighted by Crippen LogP contribution is -2.45. The standard InChI is InChI=1S/C57H107NO5/c1-3-5-7-9-11-13-15-17-22-25-29-33-37-41-45-49-55(60)54(53-59)58-56(61)50-46-42-38-34-30-26-23-20-19-21-24-28-32-36-40-44-48-52-63-57(62)51-47-43-39-35-31-27-18-16-14-12-10-8-6-4-2/h10,12,16,18,45,49,54-55,59-60H,3-9,11,13-15,17,19-44,46-48,50-53H2,1-2H3,(H,58,61)/b12-10-,18-16-,49-45+. The molecule has 0 aliphatic heterocycles. The molecule has 0 aromatic rings. The first-order valence-corrected chi connectivity index (χ1v) is 27.8. The third-order valence-corrected chi connectivity index (χ3v) is 12.7. The van der Waals surface area contributed by atoms with Gasteiger partial charge in [-0.3, -0.25) is 9.59 Å². The minimum atomic E-state index is -0.848. The van der Waals surface area contributed by atoms with Gasteiger partial charge in [0.25, 0.3) is 0 Å². The second-order valence-corrected chi connectivity index (χ2v) is 18.9. The average Bonchev–Trinajstić information content (AvgIpc) is 3.28. The van der Waals surface area contributed by atoms with Crippen molar-refractivity contribution in [3.63, 3.8) is 0 Å². The van der Waals surface area contributed by atoms with E-state index in [0.29, 0.717) is 19.4 Å². The normalized spacial score (nSPS) is 12.9. The van der Waals surface area contributed by atoms with Gasteiger partial charge in [0.05, 0.1) is 25.4 Å². The molecule has 0 fully saturated rings. The van der Waals surface area contributed by atoms with Crippen molar-refractivity contribution in [2.75, 3.05) is 13.2 Å². The number of hydrogen-bond acceptors (Lipinski definition) is 5. The molecular formula is C57H107NO5. The molecule has 0 bridgehead atoms. The fourth-order valence-electron chi connectivity index (χ4n) is 8.36. The first-order valence-electron chi connectivity index (χ1n) is 27.8. The van der Waals surface area contributed by atoms with Crippen molar-refractivity contribution in [3.8, 4) is 0 Å². The molecular weight excluding hydrogens is 779 g/mol. The van der Waals surface area contributed by atoms with Gasteiger partial charge in [0, 0.05) is 12.8 Å². The fraction of sp³-hybridized carbons (Fsp3) is 0.860. The van der Waals surface area contributed by atoms with Gasteiger partial charge < -0.3 is 20.3 Å². The molecule has 0 aromatic carbocycles. The van der Waals surface area contributed by atoms with Gasteiger partial charge in [-0.05, 0) is 57.8 Å². The second kappa shape index (κ2) is 52.7. The molecule has 0 saturated heterocycles. The number of hydrogen-bond donors (Lipinski definition) is 3. The lowest BCUT2D eigenvalue weighted by atomic mass is 10.0. The van der Waals surface area contributed by atoms with Crippen molar-refractivity contribution in [2.24, 2.45) is 0 Å². The van der Waals surface area contributed by atoms with Gasteiger partial charge in [0.1, 0.15) is 0 Å². The van der Waals surface area contributed by atoms with Crippen molar-refractivity contribution in [1.82, 2.24) is 5.32 Å². The first kappa shape index (κ1) is 61.1. The van der Waals surface area contributed by atoms with E-state index >= 15 is 0 Å². The highest BCUT2D eigenvalue weighted by atomic mass is 16.5. The van der Waals surface area contributed by atoms with Crippen LogP contribution in [0.2, 0.25) is 0 Å². The number of carbonyl (C=O) groups excluding carboxylic acids is 2. The van der Waals surface area contributed by atoms with E-state index in [2.05, 4.69) is 43.5 Å². The molecule has 1 amide bonds. The van der Waals surface area contributed by atoms with Crippen LogP contribution >= 0.6 is 0 Å². The maximum atomic E-state index is 12.4. The van der Waals surface area contributed by atoms with E-state index in [4.69, 9.17) is 4.74 Å². The third kappa shape index (κ3) is 49.4. The quantitative estimate of drug-likeness (QED) is 0.0321. The van der Waals surface area contributed by atoms with Gasteiger partial charge >= 0.3 is 5.97 Å². The van der Waals surface area contributed by atoms with E-state index in [1.54, 1.807) is 6.08 Å². The van der Waals surface area contributed by atoms with Crippen LogP contribution < -0.4 is 5.32 Å². The Hall–Kier alpha value is -1.92. The molecule has 0 spiro atoms. The number of aliphatic hydroxyl groups excluding tert-OH is 2. The number of rotatable bonds is 51. The summed E-state index contributed by atoms with van der Waals surface area (Å²) in [5.74, 6) is -0.0839. The van der Waals surface area contributed by atoms with Crippen LogP contribution in [0.5, 0.6) is 0 Å². The van der Waals surface area contributed by atoms with E-state index in [9.17, 15) is 19.8 Å². The maximum Gasteiger partial charge on any atom is 0.305 e. The number of aliphatic hydroxyl groups is 2. The molecule has 0 aliphatic rings. The molecule has 2 atom stereocenters. The summed E-state index contributed by atoms with van der Waals surface area (Å²) in [6.45, 7) is 4.85. The molecule has 0 aromatic heterocycles. The Labute approximate surface area is 392 Å². The van der Waals surface area contributed by atoms with E-state index in [-0.39, 0.29) is 18.5 Å². The maximum absolute atomic E-state index is 12.4. The SMILES string of the molecule is CCCC/C=C\C/C=C\CCCCCCCC(=O)OCCCCCCCCCCCCCCCCCCCC(=O)NC(CO)C(O)/C=C/CCCCCCCCCCCCCCC. The van der Waals surface area contributed by atoms with Gasteiger partial charge in [-0.15, -0.1) is 0 Å². The molecule has 0 rings (SSSR count). The van der Waals surface area contributed by atoms with Gasteiger partial charge in [0.15, 0.2) is 0 Å². The number of ether oxygens (including phenoxy) is 1. The Kier molecular flexibility index (Phi) is 51.1. The topological polar surface area (TPSA) is 95.9 Å². The summed E-state index contributed by atoms with van der Waals surface area (Å²) in [6.07, 6.45) is 64.4. The largest absolute Gasteiger partial charge is 0.466 e. The highest BCUT2D eigenvalue weighted by Crippen LogP contribution is 2.16. The van der Waals surface area contributed by atoms with Gasteiger partial charge in [-0.25, -0.2) is 0 Å². The number of esters is 1. The van der Waals surface area contributed by atoms with Crippen LogP contribution in [-0.4, -0.2) is 47.4 Å². The molecule has 6 nitrogen and oxygen atoms in total. The van der Waals surface area contributed by atoms with Crippen LogP contribution in [0.4, 0.5) is 0 Å². The second-order valence-electron chi connectivity index (χ2n) is 18.9. The number of carbonyl (C=O) groups is 2. The molecule has 3 N–H and O–H groups in total. The summed E-state index contributed by atoms with van der Waals surface area (Å²) in [7, 11) is 0. The molecule has 0 aliphatic carbocycles. The summed E-state index contributed by atoms with van der Waals surface area (Å²) in [6, 6.07) is -0.632. The summed E-state index contributed by atoms with van der Waals surface area (Å²) in [5.41, 5.74) is 0. The Bertz CT molecular complexity index is 1020. The minimum absolute atomic E-state index is 0.0105. The zero-order chi connectivity index (χ0) is 45.8. The Balaban J connectivity index is 3.46. The van der Waals surface area contributed by atoms with E-state index in [1.165, 1.54) is 212 Å². The highest BCUT2D eigenvalue weighted by Gasteiger charge is 2.18. The molecule has 63 heavy (non-hydrogen) atoms. The molecule has 370 valence electrons. The minimum Gasteiger partial charge on any atom is -0.466 e. The molecule has 0 heterocycles. The van der Waals surface area contributed by atoms with E-state index in [0.717, 1.165) is 51.4 Å². The van der Waals surface area contributed by atoms with Crippen molar-refractivity contribution in [2.45, 2.75) is 302 Å². The lowest BCUT2D eigenvalue weighted by Gasteiger charge is -2.20. The number of unbranched alkanes of at least 4 members (excludes halogenated alkanes) is 36. The van der Waals surface area contributed by atoms with Gasteiger partial charge in [0.2, 0.25) is 5.91 Å². The summed E-state index contributed by atoms with van der Waals surface area (Å²) < 4.78 is 5.46. The lowest BCUT2D eigenvalue weighted by molar-refractivity contribution is -0.143. The van der Waals surface area contributed by atoms with Gasteiger partial charge in [-0.2, -0.15) is 0 Å². The van der Waals surface area contributed by atoms with Gasteiger partial charge in [-0.1, -0.05) is 256 Å². The van der Waals surface area contributed by atoms with Crippen LogP contribution in [0.1, 0.15) is 290 Å². The molecule has 6 heteroatoms. The molecule has 0 radical (unpaired) electrons. The number of allylic oxidation sites excluding steroid dienone is 5. The van der Waals surface area contributed by atoms with Crippen molar-refractivity contribution in [1.29, 1.82) is 0 Å². The summed E-state index contributed by atoms with van der Waals surface area (Å²) in [5, 5.41) is 23.1. The Morgan fingerprint density at radius 2 is 0.810 bits per heavy atom. The van der Waals surface area contributed by atoms with Crippen molar-refractivity contribution < 1.29 is 24.5 Å².